The second-order valence-corrected chi connectivity index (χ2v) is 2.79. The molecule has 1 atom stereocenters. The van der Waals surface area contributed by atoms with Gasteiger partial charge < -0.3 is 5.11 Å². The number of fused-ring (bicyclic) bond motifs is 1. The molecule has 0 amide bonds. The molecule has 2 rings (SSSR count). The van der Waals surface area contributed by atoms with Crippen LogP contribution in [0.2, 0.25) is 0 Å². The number of hydrogen-bond acceptors (Lipinski definition) is 4. The Labute approximate surface area is 73.9 Å². The highest BCUT2D eigenvalue weighted by atomic mass is 16.4. The lowest BCUT2D eigenvalue weighted by atomic mass is 10.3. The Bertz CT molecular complexity index is 382. The van der Waals surface area contributed by atoms with Crippen LogP contribution in [0.3, 0.4) is 0 Å². The number of hydrazone groups is 1. The van der Waals surface area contributed by atoms with Crippen molar-refractivity contribution in [2.45, 2.75) is 13.0 Å². The highest BCUT2D eigenvalue weighted by Gasteiger charge is 2.20. The van der Waals surface area contributed by atoms with Gasteiger partial charge in [0, 0.05) is 6.21 Å². The number of carboxylic acid groups (broad SMARTS) is 1. The zero-order valence-electron chi connectivity index (χ0n) is 6.93. The fourth-order valence-electron chi connectivity index (χ4n) is 1.21. The predicted octanol–water partition coefficient (Wildman–Crippen LogP) is 0.554. The SMILES string of the molecule is CC1C=NNc2c(C(=O)O)cnn21. The summed E-state index contributed by atoms with van der Waals surface area (Å²) in [5, 5.41) is 16.5. The van der Waals surface area contributed by atoms with Gasteiger partial charge in [-0.3, -0.25) is 5.43 Å². The molecule has 1 unspecified atom stereocenters. The zero-order valence-corrected chi connectivity index (χ0v) is 6.93. The minimum Gasteiger partial charge on any atom is -0.477 e. The van der Waals surface area contributed by atoms with Crippen molar-refractivity contribution < 1.29 is 9.90 Å². The van der Waals surface area contributed by atoms with Gasteiger partial charge in [0.05, 0.1) is 12.2 Å². The molecule has 1 aromatic rings. The van der Waals surface area contributed by atoms with Gasteiger partial charge in [-0.1, -0.05) is 0 Å². The van der Waals surface area contributed by atoms with E-state index in [1.54, 1.807) is 10.9 Å². The molecule has 1 aliphatic rings. The predicted molar refractivity (Wildman–Crippen MR) is 46.0 cm³/mol. The molecule has 1 aliphatic heterocycles. The van der Waals surface area contributed by atoms with E-state index >= 15 is 0 Å². The number of nitrogens with one attached hydrogen (secondary N) is 1. The number of aromatic nitrogens is 2. The van der Waals surface area contributed by atoms with E-state index in [9.17, 15) is 4.79 Å². The van der Waals surface area contributed by atoms with Crippen molar-refractivity contribution in [1.82, 2.24) is 9.78 Å². The average Bonchev–Trinajstić information content (AvgIpc) is 2.48. The molecule has 68 valence electrons. The summed E-state index contributed by atoms with van der Waals surface area (Å²) < 4.78 is 1.58. The van der Waals surface area contributed by atoms with Crippen molar-refractivity contribution in [3.05, 3.63) is 11.8 Å². The highest BCUT2D eigenvalue weighted by molar-refractivity contribution is 5.93. The Morgan fingerprint density at radius 3 is 3.23 bits per heavy atom. The standard InChI is InChI=1S/C7H8N4O2/c1-4-2-8-10-6-5(7(12)13)3-9-11(4)6/h2-4,10H,1H3,(H,12,13). The molecule has 0 fully saturated rings. The molecule has 6 heteroatoms. The van der Waals surface area contributed by atoms with Crippen molar-refractivity contribution in [3.8, 4) is 0 Å². The first-order chi connectivity index (χ1) is 6.20. The van der Waals surface area contributed by atoms with Crippen LogP contribution in [0, 0.1) is 0 Å². The summed E-state index contributed by atoms with van der Waals surface area (Å²) in [6.07, 6.45) is 2.97. The molecule has 0 radical (unpaired) electrons. The number of aromatic carboxylic acids is 1. The normalized spacial score (nSPS) is 19.3. The topological polar surface area (TPSA) is 79.5 Å². The van der Waals surface area contributed by atoms with Gasteiger partial charge in [-0.2, -0.15) is 10.2 Å². The molecule has 13 heavy (non-hydrogen) atoms. The third kappa shape index (κ3) is 1.07. The molecule has 1 aromatic heterocycles. The molecule has 6 nitrogen and oxygen atoms in total. The number of hydrogen-bond donors (Lipinski definition) is 2. The molecule has 0 aliphatic carbocycles. The summed E-state index contributed by atoms with van der Waals surface area (Å²) in [6.45, 7) is 1.88. The first kappa shape index (κ1) is 7.78. The minimum atomic E-state index is -1.00. The van der Waals surface area contributed by atoms with Gasteiger partial charge in [-0.05, 0) is 6.92 Å². The second-order valence-electron chi connectivity index (χ2n) is 2.79. The maximum Gasteiger partial charge on any atom is 0.341 e. The van der Waals surface area contributed by atoms with Crippen LogP contribution in [0.1, 0.15) is 23.3 Å². The van der Waals surface area contributed by atoms with Crippen molar-refractivity contribution in [2.75, 3.05) is 5.43 Å². The molecule has 0 spiro atoms. The number of carboxylic acids is 1. The smallest absolute Gasteiger partial charge is 0.341 e. The Morgan fingerprint density at radius 2 is 2.54 bits per heavy atom. The van der Waals surface area contributed by atoms with Crippen molar-refractivity contribution in [2.24, 2.45) is 5.10 Å². The van der Waals surface area contributed by atoms with Crippen molar-refractivity contribution in [1.29, 1.82) is 0 Å². The first-order valence-corrected chi connectivity index (χ1v) is 3.80. The minimum absolute atomic E-state index is 0.00986. The highest BCUT2D eigenvalue weighted by Crippen LogP contribution is 2.21. The van der Waals surface area contributed by atoms with E-state index in [0.717, 1.165) is 0 Å². The van der Waals surface area contributed by atoms with Crippen LogP contribution in [-0.2, 0) is 0 Å². The first-order valence-electron chi connectivity index (χ1n) is 3.80. The van der Waals surface area contributed by atoms with Crippen LogP contribution in [0.25, 0.3) is 0 Å². The van der Waals surface area contributed by atoms with E-state index in [2.05, 4.69) is 15.6 Å². The quantitative estimate of drug-likeness (QED) is 0.661. The number of rotatable bonds is 1. The van der Waals surface area contributed by atoms with E-state index in [4.69, 9.17) is 5.11 Å². The Morgan fingerprint density at radius 1 is 1.77 bits per heavy atom. The Balaban J connectivity index is 2.51. The molecular weight excluding hydrogens is 172 g/mol. The van der Waals surface area contributed by atoms with E-state index in [1.807, 2.05) is 6.92 Å². The van der Waals surface area contributed by atoms with Gasteiger partial charge in [0.25, 0.3) is 0 Å². The second kappa shape index (κ2) is 2.58. The van der Waals surface area contributed by atoms with Crippen LogP contribution >= 0.6 is 0 Å². The van der Waals surface area contributed by atoms with Crippen molar-refractivity contribution in [3.63, 3.8) is 0 Å². The van der Waals surface area contributed by atoms with Crippen LogP contribution in [-0.4, -0.2) is 27.1 Å². The average molecular weight is 180 g/mol. The van der Waals surface area contributed by atoms with E-state index in [1.165, 1.54) is 6.20 Å². The zero-order chi connectivity index (χ0) is 9.42. The van der Waals surface area contributed by atoms with E-state index < -0.39 is 5.97 Å². The largest absolute Gasteiger partial charge is 0.477 e. The van der Waals surface area contributed by atoms with Gasteiger partial charge in [-0.15, -0.1) is 0 Å². The maximum absolute atomic E-state index is 10.7. The van der Waals surface area contributed by atoms with Crippen LogP contribution in [0.4, 0.5) is 5.82 Å². The van der Waals surface area contributed by atoms with Crippen molar-refractivity contribution >= 4 is 18.0 Å². The molecule has 0 bridgehead atoms. The van der Waals surface area contributed by atoms with E-state index in [-0.39, 0.29) is 11.6 Å². The number of carbonyl (C=O) groups is 1. The van der Waals surface area contributed by atoms with Gasteiger partial charge in [0.15, 0.2) is 5.82 Å². The van der Waals surface area contributed by atoms with Crippen LogP contribution < -0.4 is 5.43 Å². The third-order valence-electron chi connectivity index (χ3n) is 1.87. The summed E-state index contributed by atoms with van der Waals surface area (Å²) >= 11 is 0. The number of nitrogens with zero attached hydrogens (tertiary/aromatic N) is 3. The molecule has 2 N–H and O–H groups in total. The monoisotopic (exact) mass is 180 g/mol. The van der Waals surface area contributed by atoms with Crippen LogP contribution in [0.5, 0.6) is 0 Å². The van der Waals surface area contributed by atoms with Gasteiger partial charge in [0.1, 0.15) is 5.56 Å². The third-order valence-corrected chi connectivity index (χ3v) is 1.87. The lowest BCUT2D eigenvalue weighted by Gasteiger charge is -2.15. The van der Waals surface area contributed by atoms with Gasteiger partial charge in [-0.25, -0.2) is 9.48 Å². The lowest BCUT2D eigenvalue weighted by molar-refractivity contribution is 0.0698. The Hall–Kier alpha value is -1.85. The van der Waals surface area contributed by atoms with E-state index in [0.29, 0.717) is 5.82 Å². The van der Waals surface area contributed by atoms with Crippen LogP contribution in [0.15, 0.2) is 11.3 Å². The fraction of sp³-hybridized carbons (Fsp3) is 0.286. The fourth-order valence-corrected chi connectivity index (χ4v) is 1.21. The summed E-state index contributed by atoms with van der Waals surface area (Å²) in [5.41, 5.74) is 2.75. The Kier molecular flexibility index (Phi) is 1.54. The molecule has 2 heterocycles. The summed E-state index contributed by atoms with van der Waals surface area (Å²) in [5.74, 6) is -0.569. The lowest BCUT2D eigenvalue weighted by Crippen LogP contribution is -2.17. The number of anilines is 1. The molecule has 0 aromatic carbocycles. The summed E-state index contributed by atoms with van der Waals surface area (Å²) in [4.78, 5) is 10.7. The van der Waals surface area contributed by atoms with Gasteiger partial charge >= 0.3 is 5.97 Å². The molecular formula is C7H8N4O2. The maximum atomic E-state index is 10.7. The molecule has 0 saturated heterocycles. The van der Waals surface area contributed by atoms with Gasteiger partial charge in [0.2, 0.25) is 0 Å². The molecule has 0 saturated carbocycles. The summed E-state index contributed by atoms with van der Waals surface area (Å²) in [7, 11) is 0. The summed E-state index contributed by atoms with van der Waals surface area (Å²) in [6, 6.07) is -0.00986.